The van der Waals surface area contributed by atoms with Crippen LogP contribution >= 0.6 is 11.8 Å². The van der Waals surface area contributed by atoms with Gasteiger partial charge >= 0.3 is 12.1 Å². The molecule has 0 bridgehead atoms. The summed E-state index contributed by atoms with van der Waals surface area (Å²) >= 11 is 1.76. The maximum Gasteiger partial charge on any atom is 0.421 e. The van der Waals surface area contributed by atoms with Gasteiger partial charge in [0.25, 0.3) is 0 Å². The molecule has 1 aromatic carbocycles. The zero-order valence-corrected chi connectivity index (χ0v) is 16.8. The number of fused-ring (bicyclic) bond motifs is 1. The van der Waals surface area contributed by atoms with E-state index in [1.807, 2.05) is 44.6 Å². The molecule has 2 atom stereocenters. The molecule has 1 fully saturated rings. The van der Waals surface area contributed by atoms with Gasteiger partial charge < -0.3 is 14.4 Å². The first-order valence-electron chi connectivity index (χ1n) is 9.14. The fraction of sp³-hybridized carbons (Fsp3) is 0.500. The molecule has 27 heavy (non-hydrogen) atoms. The molecule has 146 valence electrons. The second-order valence-electron chi connectivity index (χ2n) is 7.16. The average molecular weight is 391 g/mol. The smallest absolute Gasteiger partial charge is 0.421 e. The molecule has 0 amide bonds. The summed E-state index contributed by atoms with van der Waals surface area (Å²) in [7, 11) is 4.04. The number of nitrogens with zero attached hydrogens (tertiary/aromatic N) is 2. The van der Waals surface area contributed by atoms with Gasteiger partial charge in [-0.2, -0.15) is 11.8 Å². The first kappa shape index (κ1) is 19.8. The minimum Gasteiger partial charge on any atom is -0.428 e. The summed E-state index contributed by atoms with van der Waals surface area (Å²) in [5.41, 5.74) is 1.88. The second kappa shape index (κ2) is 8.80. The molecule has 0 radical (unpaired) electrons. The number of hydrogen-bond acceptors (Lipinski definition) is 6. The molecule has 0 N–H and O–H groups in total. The average Bonchev–Trinajstić information content (AvgIpc) is 3.24. The van der Waals surface area contributed by atoms with Gasteiger partial charge in [-0.1, -0.05) is 25.1 Å². The normalized spacial score (nSPS) is 19.6. The minimum atomic E-state index is -0.538. The van der Waals surface area contributed by atoms with E-state index in [-0.39, 0.29) is 18.7 Å². The molecular weight excluding hydrogens is 364 g/mol. The van der Waals surface area contributed by atoms with E-state index in [2.05, 4.69) is 11.8 Å². The van der Waals surface area contributed by atoms with Crippen molar-refractivity contribution in [2.45, 2.75) is 25.0 Å². The molecular formula is C20H26N2O4S. The Morgan fingerprint density at radius 1 is 1.26 bits per heavy atom. The highest BCUT2D eigenvalue weighted by molar-refractivity contribution is 8.00. The first-order chi connectivity index (χ1) is 13.0. The van der Waals surface area contributed by atoms with Crippen LogP contribution in [0, 0.1) is 5.92 Å². The van der Waals surface area contributed by atoms with Crippen molar-refractivity contribution in [2.24, 2.45) is 5.92 Å². The van der Waals surface area contributed by atoms with Gasteiger partial charge in [-0.15, -0.1) is 0 Å². The van der Waals surface area contributed by atoms with Crippen LogP contribution in [0.15, 0.2) is 30.5 Å². The number of carbonyl (C=O) groups is 2. The van der Waals surface area contributed by atoms with Crippen molar-refractivity contribution in [3.05, 3.63) is 36.0 Å². The largest absolute Gasteiger partial charge is 0.428 e. The molecule has 3 rings (SSSR count). The van der Waals surface area contributed by atoms with Crippen LogP contribution in [0.5, 0.6) is 0 Å². The maximum atomic E-state index is 12.5. The van der Waals surface area contributed by atoms with E-state index in [1.54, 1.807) is 11.8 Å². The summed E-state index contributed by atoms with van der Waals surface area (Å²) < 4.78 is 11.8. The number of hydrogen-bond donors (Lipinski definition) is 0. The predicted molar refractivity (Wildman–Crippen MR) is 107 cm³/mol. The van der Waals surface area contributed by atoms with E-state index >= 15 is 0 Å². The Balaban J connectivity index is 1.62. The van der Waals surface area contributed by atoms with Crippen molar-refractivity contribution in [1.29, 1.82) is 0 Å². The maximum absolute atomic E-state index is 12.5. The third kappa shape index (κ3) is 4.84. The second-order valence-corrected chi connectivity index (χ2v) is 8.63. The van der Waals surface area contributed by atoms with Gasteiger partial charge in [0, 0.05) is 29.1 Å². The van der Waals surface area contributed by atoms with Gasteiger partial charge in [0.1, 0.15) is 0 Å². The van der Waals surface area contributed by atoms with Gasteiger partial charge in [-0.3, -0.25) is 9.36 Å². The number of benzene rings is 1. The minimum absolute atomic E-state index is 0.103. The Bertz CT molecular complexity index is 817. The molecule has 1 aliphatic rings. The first-order valence-corrected chi connectivity index (χ1v) is 10.2. The Labute approximate surface area is 163 Å². The molecule has 2 unspecified atom stereocenters. The van der Waals surface area contributed by atoms with E-state index < -0.39 is 6.09 Å². The molecule has 0 spiro atoms. The fourth-order valence-corrected chi connectivity index (χ4v) is 4.45. The summed E-state index contributed by atoms with van der Waals surface area (Å²) in [5.74, 6) is 0.378. The third-order valence-corrected chi connectivity index (χ3v) is 6.09. The Hall–Kier alpha value is -1.99. The van der Waals surface area contributed by atoms with Crippen molar-refractivity contribution >= 4 is 34.7 Å². The predicted octanol–water partition coefficient (Wildman–Crippen LogP) is 3.37. The number of esters is 1. The van der Waals surface area contributed by atoms with Crippen LogP contribution in [0.25, 0.3) is 10.9 Å². The molecule has 6 nitrogen and oxygen atoms in total. The monoisotopic (exact) mass is 390 g/mol. The number of rotatable bonds is 6. The van der Waals surface area contributed by atoms with Crippen LogP contribution in [-0.2, 0) is 20.7 Å². The fourth-order valence-electron chi connectivity index (χ4n) is 3.25. The van der Waals surface area contributed by atoms with E-state index in [0.29, 0.717) is 5.25 Å². The number of thioether (sulfide) groups is 1. The van der Waals surface area contributed by atoms with Crippen LogP contribution in [0.3, 0.4) is 0 Å². The summed E-state index contributed by atoms with van der Waals surface area (Å²) in [4.78, 5) is 26.6. The highest BCUT2D eigenvalue weighted by atomic mass is 32.2. The highest BCUT2D eigenvalue weighted by Gasteiger charge is 2.29. The van der Waals surface area contributed by atoms with Gasteiger partial charge in [0.05, 0.1) is 11.4 Å². The quantitative estimate of drug-likeness (QED) is 0.557. The van der Waals surface area contributed by atoms with Gasteiger partial charge in [0.2, 0.25) is 6.79 Å². The molecule has 1 saturated heterocycles. The molecule has 2 heterocycles. The zero-order valence-electron chi connectivity index (χ0n) is 16.0. The SMILES string of the molecule is CC1CC(C(=O)OCOC(=O)n2cc(CCN(C)C)c3ccccc32)CS1. The van der Waals surface area contributed by atoms with E-state index in [1.165, 1.54) is 4.57 Å². The van der Waals surface area contributed by atoms with Crippen LogP contribution in [0.2, 0.25) is 0 Å². The van der Waals surface area contributed by atoms with Crippen LogP contribution in [-0.4, -0.2) is 60.0 Å². The van der Waals surface area contributed by atoms with Gasteiger partial charge in [0.15, 0.2) is 0 Å². The lowest BCUT2D eigenvalue weighted by molar-refractivity contribution is -0.155. The Morgan fingerprint density at radius 3 is 2.74 bits per heavy atom. The number of aromatic nitrogens is 1. The number of likely N-dealkylation sites (N-methyl/N-ethyl adjacent to an activating group) is 1. The van der Waals surface area contributed by atoms with Crippen molar-refractivity contribution < 1.29 is 19.1 Å². The van der Waals surface area contributed by atoms with Crippen molar-refractivity contribution in [3.8, 4) is 0 Å². The molecule has 0 saturated carbocycles. The summed E-state index contributed by atoms with van der Waals surface area (Å²) in [6, 6.07) is 7.74. The lowest BCUT2D eigenvalue weighted by Gasteiger charge is -2.10. The zero-order chi connectivity index (χ0) is 19.4. The van der Waals surface area contributed by atoms with Gasteiger partial charge in [-0.25, -0.2) is 4.79 Å². The Kier molecular flexibility index (Phi) is 6.44. The van der Waals surface area contributed by atoms with Crippen LogP contribution in [0.4, 0.5) is 4.79 Å². The standard InChI is InChI=1S/C20H26N2O4S/c1-14-10-16(12-27-14)19(23)25-13-26-20(24)22-11-15(8-9-21(2)3)17-6-4-5-7-18(17)22/h4-7,11,14,16H,8-10,12-13H2,1-3H3. The van der Waals surface area contributed by atoms with Crippen molar-refractivity contribution in [3.63, 3.8) is 0 Å². The lowest BCUT2D eigenvalue weighted by atomic mass is 10.1. The molecule has 1 aliphatic heterocycles. The number of para-hydroxylation sites is 1. The molecule has 7 heteroatoms. The molecule has 2 aromatic rings. The Morgan fingerprint density at radius 2 is 2.04 bits per heavy atom. The highest BCUT2D eigenvalue weighted by Crippen LogP contribution is 2.31. The number of carbonyl (C=O) groups excluding carboxylic acids is 2. The van der Waals surface area contributed by atoms with E-state index in [0.717, 1.165) is 41.6 Å². The van der Waals surface area contributed by atoms with E-state index in [9.17, 15) is 9.59 Å². The summed E-state index contributed by atoms with van der Waals surface area (Å²) in [5, 5.41) is 1.50. The summed E-state index contributed by atoms with van der Waals surface area (Å²) in [6.07, 6.45) is 2.92. The lowest BCUT2D eigenvalue weighted by Crippen LogP contribution is -2.22. The van der Waals surface area contributed by atoms with Crippen LogP contribution in [0.1, 0.15) is 18.9 Å². The topological polar surface area (TPSA) is 60.8 Å². The van der Waals surface area contributed by atoms with Gasteiger partial charge in [-0.05, 0) is 38.6 Å². The summed E-state index contributed by atoms with van der Waals surface area (Å²) in [6.45, 7) is 2.63. The van der Waals surface area contributed by atoms with Crippen molar-refractivity contribution in [2.75, 3.05) is 33.2 Å². The number of ether oxygens (including phenoxy) is 2. The van der Waals surface area contributed by atoms with Crippen molar-refractivity contribution in [1.82, 2.24) is 9.47 Å². The molecule has 0 aliphatic carbocycles. The van der Waals surface area contributed by atoms with Crippen LogP contribution < -0.4 is 0 Å². The van der Waals surface area contributed by atoms with E-state index in [4.69, 9.17) is 9.47 Å². The molecule has 1 aromatic heterocycles. The third-order valence-electron chi connectivity index (χ3n) is 4.73.